The lowest BCUT2D eigenvalue weighted by Gasteiger charge is -2.06. The second-order valence-electron chi connectivity index (χ2n) is 3.97. The van der Waals surface area contributed by atoms with Gasteiger partial charge in [0.05, 0.1) is 5.75 Å². The molecule has 96 valence electrons. The minimum absolute atomic E-state index is 0.203. The van der Waals surface area contributed by atoms with Crippen molar-refractivity contribution < 1.29 is 8.42 Å². The van der Waals surface area contributed by atoms with Gasteiger partial charge in [0.15, 0.2) is 0 Å². The minimum Gasteiger partial charge on any atom is -0.212 e. The largest absolute Gasteiger partial charge is 0.212 e. The van der Waals surface area contributed by atoms with Crippen LogP contribution in [0.15, 0.2) is 24.3 Å². The summed E-state index contributed by atoms with van der Waals surface area (Å²) < 4.78 is 25.8. The maximum atomic E-state index is 11.6. The Balaban J connectivity index is 2.41. The van der Waals surface area contributed by atoms with E-state index >= 15 is 0 Å². The summed E-state index contributed by atoms with van der Waals surface area (Å²) >= 11 is 5.75. The van der Waals surface area contributed by atoms with E-state index in [1.165, 1.54) is 0 Å². The van der Waals surface area contributed by atoms with E-state index in [-0.39, 0.29) is 5.75 Å². The molecule has 0 aromatic heterocycles. The summed E-state index contributed by atoms with van der Waals surface area (Å²) in [4.78, 5) is 0. The molecular weight excluding hydrogens is 258 g/mol. The zero-order valence-corrected chi connectivity index (χ0v) is 11.5. The Labute approximate surface area is 108 Å². The standard InChI is InChI=1S/C12H18ClNO2S/c1-2-3-4-9-17(15,16)14-10-11-5-7-12(13)8-6-11/h5-8,14H,2-4,9-10H2,1H3. The molecule has 0 aliphatic carbocycles. The lowest BCUT2D eigenvalue weighted by molar-refractivity contribution is 0.576. The van der Waals surface area contributed by atoms with Gasteiger partial charge in [-0.1, -0.05) is 43.5 Å². The van der Waals surface area contributed by atoms with Crippen molar-refractivity contribution >= 4 is 21.6 Å². The van der Waals surface area contributed by atoms with E-state index in [1.807, 2.05) is 19.1 Å². The van der Waals surface area contributed by atoms with Crippen LogP contribution in [0.2, 0.25) is 5.02 Å². The first-order valence-electron chi connectivity index (χ1n) is 5.75. The fourth-order valence-corrected chi connectivity index (χ4v) is 2.65. The second kappa shape index (κ2) is 6.99. The molecule has 0 bridgehead atoms. The van der Waals surface area contributed by atoms with Crippen LogP contribution in [-0.4, -0.2) is 14.2 Å². The smallest absolute Gasteiger partial charge is 0.211 e. The van der Waals surface area contributed by atoms with Gasteiger partial charge in [0.1, 0.15) is 0 Å². The first-order valence-corrected chi connectivity index (χ1v) is 7.78. The number of nitrogens with one attached hydrogen (secondary N) is 1. The van der Waals surface area contributed by atoms with E-state index in [2.05, 4.69) is 4.72 Å². The lowest BCUT2D eigenvalue weighted by Crippen LogP contribution is -2.25. The minimum atomic E-state index is -3.15. The second-order valence-corrected chi connectivity index (χ2v) is 6.34. The number of halogens is 1. The lowest BCUT2D eigenvalue weighted by atomic mass is 10.2. The molecule has 0 aliphatic rings. The molecule has 0 atom stereocenters. The molecule has 0 heterocycles. The third-order valence-electron chi connectivity index (χ3n) is 2.43. The Morgan fingerprint density at radius 2 is 1.82 bits per heavy atom. The summed E-state index contributed by atoms with van der Waals surface area (Å²) in [5.74, 6) is 0.203. The maximum Gasteiger partial charge on any atom is 0.211 e. The van der Waals surface area contributed by atoms with E-state index in [4.69, 9.17) is 11.6 Å². The molecule has 0 aliphatic heterocycles. The highest BCUT2D eigenvalue weighted by Crippen LogP contribution is 2.09. The molecule has 17 heavy (non-hydrogen) atoms. The van der Waals surface area contributed by atoms with E-state index in [1.54, 1.807) is 12.1 Å². The maximum absolute atomic E-state index is 11.6. The number of unbranched alkanes of at least 4 members (excludes halogenated alkanes) is 2. The summed E-state index contributed by atoms with van der Waals surface area (Å²) in [7, 11) is -3.15. The van der Waals surface area contributed by atoms with Crippen LogP contribution >= 0.6 is 11.6 Å². The van der Waals surface area contributed by atoms with Crippen molar-refractivity contribution in [3.63, 3.8) is 0 Å². The van der Waals surface area contributed by atoms with Gasteiger partial charge < -0.3 is 0 Å². The zero-order chi connectivity index (χ0) is 12.7. The van der Waals surface area contributed by atoms with E-state index in [0.29, 0.717) is 18.0 Å². The molecule has 1 N–H and O–H groups in total. The zero-order valence-electron chi connectivity index (χ0n) is 9.95. The summed E-state index contributed by atoms with van der Waals surface area (Å²) in [5.41, 5.74) is 0.911. The van der Waals surface area contributed by atoms with Crippen LogP contribution in [0.25, 0.3) is 0 Å². The topological polar surface area (TPSA) is 46.2 Å². The molecule has 0 spiro atoms. The predicted octanol–water partition coefficient (Wildman–Crippen LogP) is 2.95. The summed E-state index contributed by atoms with van der Waals surface area (Å²) in [6.45, 7) is 2.37. The molecule has 0 saturated heterocycles. The number of benzene rings is 1. The van der Waals surface area contributed by atoms with Crippen LogP contribution in [0, 0.1) is 0 Å². The highest BCUT2D eigenvalue weighted by atomic mass is 35.5. The van der Waals surface area contributed by atoms with Crippen molar-refractivity contribution in [3.05, 3.63) is 34.9 Å². The monoisotopic (exact) mass is 275 g/mol. The van der Waals surface area contributed by atoms with Crippen LogP contribution in [0.4, 0.5) is 0 Å². The number of hydrogen-bond donors (Lipinski definition) is 1. The Bertz CT molecular complexity index is 428. The van der Waals surface area contributed by atoms with Crippen molar-refractivity contribution in [2.75, 3.05) is 5.75 Å². The van der Waals surface area contributed by atoms with Gasteiger partial charge in [0.2, 0.25) is 10.0 Å². The number of rotatable bonds is 7. The van der Waals surface area contributed by atoms with Crippen molar-refractivity contribution in [1.82, 2.24) is 4.72 Å². The Morgan fingerprint density at radius 3 is 2.41 bits per heavy atom. The first-order chi connectivity index (χ1) is 8.03. The fraction of sp³-hybridized carbons (Fsp3) is 0.500. The average molecular weight is 276 g/mol. The predicted molar refractivity (Wildman–Crippen MR) is 71.6 cm³/mol. The molecule has 1 aromatic rings. The quantitative estimate of drug-likeness (QED) is 0.778. The molecule has 0 amide bonds. The van der Waals surface area contributed by atoms with E-state index in [9.17, 15) is 8.42 Å². The fourth-order valence-electron chi connectivity index (χ4n) is 1.41. The van der Waals surface area contributed by atoms with Gasteiger partial charge in [-0.05, 0) is 24.1 Å². The summed E-state index contributed by atoms with van der Waals surface area (Å²) in [6, 6.07) is 7.14. The SMILES string of the molecule is CCCCCS(=O)(=O)NCc1ccc(Cl)cc1. The van der Waals surface area contributed by atoms with Gasteiger partial charge in [-0.15, -0.1) is 0 Å². The van der Waals surface area contributed by atoms with Gasteiger partial charge in [0.25, 0.3) is 0 Å². The number of sulfonamides is 1. The number of hydrogen-bond acceptors (Lipinski definition) is 2. The van der Waals surface area contributed by atoms with Gasteiger partial charge >= 0.3 is 0 Å². The molecule has 0 saturated carbocycles. The van der Waals surface area contributed by atoms with Gasteiger partial charge in [-0.25, -0.2) is 13.1 Å². The molecule has 1 aromatic carbocycles. The van der Waals surface area contributed by atoms with Crippen molar-refractivity contribution in [3.8, 4) is 0 Å². The van der Waals surface area contributed by atoms with Gasteiger partial charge in [0, 0.05) is 11.6 Å². The third-order valence-corrected chi connectivity index (χ3v) is 4.09. The van der Waals surface area contributed by atoms with Crippen LogP contribution in [0.3, 0.4) is 0 Å². The van der Waals surface area contributed by atoms with Gasteiger partial charge in [-0.3, -0.25) is 0 Å². The van der Waals surface area contributed by atoms with Gasteiger partial charge in [-0.2, -0.15) is 0 Å². The Morgan fingerprint density at radius 1 is 1.18 bits per heavy atom. The van der Waals surface area contributed by atoms with Crippen LogP contribution in [0.5, 0.6) is 0 Å². The van der Waals surface area contributed by atoms with Crippen LogP contribution in [-0.2, 0) is 16.6 Å². The van der Waals surface area contributed by atoms with E-state index in [0.717, 1.165) is 18.4 Å². The van der Waals surface area contributed by atoms with Crippen molar-refractivity contribution in [2.24, 2.45) is 0 Å². The highest BCUT2D eigenvalue weighted by molar-refractivity contribution is 7.89. The van der Waals surface area contributed by atoms with Crippen molar-refractivity contribution in [1.29, 1.82) is 0 Å². The third kappa shape index (κ3) is 6.05. The normalized spacial score (nSPS) is 11.6. The van der Waals surface area contributed by atoms with Crippen LogP contribution < -0.4 is 4.72 Å². The summed E-state index contributed by atoms with van der Waals surface area (Å²) in [6.07, 6.45) is 2.68. The molecule has 1 rings (SSSR count). The Hall–Kier alpha value is -0.580. The molecule has 0 fully saturated rings. The molecular formula is C12H18ClNO2S. The molecule has 0 unspecified atom stereocenters. The van der Waals surface area contributed by atoms with Crippen molar-refractivity contribution in [2.45, 2.75) is 32.7 Å². The molecule has 5 heteroatoms. The average Bonchev–Trinajstić information content (AvgIpc) is 2.29. The highest BCUT2D eigenvalue weighted by Gasteiger charge is 2.08. The van der Waals surface area contributed by atoms with Crippen LogP contribution in [0.1, 0.15) is 31.7 Å². The molecule has 0 radical (unpaired) electrons. The Kier molecular flexibility index (Phi) is 5.95. The summed E-state index contributed by atoms with van der Waals surface area (Å²) in [5, 5.41) is 0.652. The van der Waals surface area contributed by atoms with E-state index < -0.39 is 10.0 Å². The molecule has 3 nitrogen and oxygen atoms in total. The first kappa shape index (κ1) is 14.5.